The smallest absolute Gasteiger partial charge is 0.323 e. The van der Waals surface area contributed by atoms with E-state index < -0.39 is 6.03 Å². The average molecular weight is 464 g/mol. The van der Waals surface area contributed by atoms with Crippen molar-refractivity contribution in [3.63, 3.8) is 0 Å². The van der Waals surface area contributed by atoms with Crippen LogP contribution in [0.25, 0.3) is 0 Å². The van der Waals surface area contributed by atoms with Gasteiger partial charge in [-0.2, -0.15) is 0 Å². The number of halogens is 1. The van der Waals surface area contributed by atoms with Gasteiger partial charge < -0.3 is 24.7 Å². The van der Waals surface area contributed by atoms with Crippen LogP contribution in [-0.4, -0.2) is 34.8 Å². The molecule has 0 fully saturated rings. The molecule has 8 nitrogen and oxygen atoms in total. The van der Waals surface area contributed by atoms with Gasteiger partial charge in [0.15, 0.2) is 0 Å². The fourth-order valence-corrected chi connectivity index (χ4v) is 3.74. The van der Waals surface area contributed by atoms with Crippen molar-refractivity contribution in [2.24, 2.45) is 0 Å². The topological polar surface area (TPSA) is 90.3 Å². The van der Waals surface area contributed by atoms with E-state index in [2.05, 4.69) is 20.6 Å². The van der Waals surface area contributed by atoms with Gasteiger partial charge >= 0.3 is 6.03 Å². The quantitative estimate of drug-likeness (QED) is 0.391. The van der Waals surface area contributed by atoms with Gasteiger partial charge in [0.2, 0.25) is 0 Å². The van der Waals surface area contributed by atoms with E-state index in [1.807, 2.05) is 47.2 Å². The Bertz CT molecular complexity index is 1220. The number of anilines is 2. The molecule has 4 aromatic rings. The van der Waals surface area contributed by atoms with E-state index in [-0.39, 0.29) is 6.04 Å². The van der Waals surface area contributed by atoms with Gasteiger partial charge in [-0.25, -0.2) is 9.78 Å². The summed E-state index contributed by atoms with van der Waals surface area (Å²) in [5.41, 5.74) is 3.17. The van der Waals surface area contributed by atoms with Crippen molar-refractivity contribution >= 4 is 29.0 Å². The molecule has 2 aromatic carbocycles. The van der Waals surface area contributed by atoms with E-state index in [0.29, 0.717) is 27.9 Å². The molecule has 33 heavy (non-hydrogen) atoms. The second kappa shape index (κ2) is 10.1. The molecule has 9 heteroatoms. The fourth-order valence-electron chi connectivity index (χ4n) is 3.50. The zero-order valence-corrected chi connectivity index (χ0v) is 18.8. The average Bonchev–Trinajstić information content (AvgIpc) is 3.35. The number of ether oxygens (including phenoxy) is 2. The number of aromatic nitrogens is 3. The summed E-state index contributed by atoms with van der Waals surface area (Å²) in [6, 6.07) is 14.3. The molecule has 2 heterocycles. The second-order valence-electron chi connectivity index (χ2n) is 7.08. The van der Waals surface area contributed by atoms with Gasteiger partial charge in [-0.3, -0.25) is 4.98 Å². The molecule has 0 saturated heterocycles. The van der Waals surface area contributed by atoms with Crippen molar-refractivity contribution in [1.29, 1.82) is 0 Å². The number of benzene rings is 2. The Hall–Kier alpha value is -4.04. The lowest BCUT2D eigenvalue weighted by atomic mass is 9.99. The summed E-state index contributed by atoms with van der Waals surface area (Å²) < 4.78 is 12.5. The molecule has 2 aromatic heterocycles. The molecule has 0 bridgehead atoms. The summed E-state index contributed by atoms with van der Waals surface area (Å²) in [7, 11) is 3.01. The lowest BCUT2D eigenvalue weighted by Crippen LogP contribution is -2.20. The molecule has 0 aliphatic heterocycles. The van der Waals surface area contributed by atoms with Gasteiger partial charge in [0, 0.05) is 36.5 Å². The molecule has 2 N–H and O–H groups in total. The van der Waals surface area contributed by atoms with Crippen LogP contribution in [-0.2, 0) is 0 Å². The molecule has 0 radical (unpaired) electrons. The molecule has 0 aliphatic carbocycles. The number of nitrogens with zero attached hydrogens (tertiary/aromatic N) is 3. The first kappa shape index (κ1) is 22.2. The van der Waals surface area contributed by atoms with Gasteiger partial charge in [-0.1, -0.05) is 23.7 Å². The van der Waals surface area contributed by atoms with Crippen molar-refractivity contribution in [1.82, 2.24) is 14.5 Å². The van der Waals surface area contributed by atoms with Crippen LogP contribution in [0.2, 0.25) is 5.02 Å². The molecule has 0 spiro atoms. The molecule has 0 saturated carbocycles. The van der Waals surface area contributed by atoms with Gasteiger partial charge in [-0.05, 0) is 41.5 Å². The SMILES string of the molecule is COc1cc(OC)c(NC(=O)Nc2ccc(C(c3ccncc3)n3ccnc3)cc2)cc1Cl. The number of methoxy groups -OCH3 is 2. The lowest BCUT2D eigenvalue weighted by Gasteiger charge is -2.20. The number of carbonyl (C=O) groups is 1. The molecular weight excluding hydrogens is 442 g/mol. The Balaban J connectivity index is 1.51. The third-order valence-electron chi connectivity index (χ3n) is 5.05. The second-order valence-corrected chi connectivity index (χ2v) is 7.49. The van der Waals surface area contributed by atoms with Crippen LogP contribution in [0.4, 0.5) is 16.2 Å². The largest absolute Gasteiger partial charge is 0.495 e. The predicted molar refractivity (Wildman–Crippen MR) is 127 cm³/mol. The van der Waals surface area contributed by atoms with Gasteiger partial charge in [0.1, 0.15) is 11.5 Å². The zero-order chi connectivity index (χ0) is 23.2. The summed E-state index contributed by atoms with van der Waals surface area (Å²) >= 11 is 6.18. The summed E-state index contributed by atoms with van der Waals surface area (Å²) in [5, 5.41) is 5.94. The number of imidazole rings is 1. The summed E-state index contributed by atoms with van der Waals surface area (Å²) in [5.74, 6) is 0.888. The van der Waals surface area contributed by atoms with Crippen LogP contribution in [0.3, 0.4) is 0 Å². The third-order valence-corrected chi connectivity index (χ3v) is 5.35. The number of hydrogen-bond acceptors (Lipinski definition) is 5. The van der Waals surface area contributed by atoms with E-state index in [0.717, 1.165) is 11.1 Å². The number of pyridine rings is 1. The Kier molecular flexibility index (Phi) is 6.75. The van der Waals surface area contributed by atoms with E-state index in [1.165, 1.54) is 14.2 Å². The minimum Gasteiger partial charge on any atom is -0.495 e. The highest BCUT2D eigenvalue weighted by Gasteiger charge is 2.16. The highest BCUT2D eigenvalue weighted by atomic mass is 35.5. The standard InChI is InChI=1S/C24H22ClN5O3/c1-32-21-14-22(33-2)20(13-19(21)25)29-24(31)28-18-5-3-16(4-6-18)23(30-12-11-27-15-30)17-7-9-26-10-8-17/h3-15,23H,1-2H3,(H2,28,29,31). The maximum Gasteiger partial charge on any atom is 0.323 e. The normalized spacial score (nSPS) is 11.5. The van der Waals surface area contributed by atoms with E-state index in [1.54, 1.807) is 37.1 Å². The Morgan fingerprint density at radius 2 is 1.61 bits per heavy atom. The van der Waals surface area contributed by atoms with Crippen molar-refractivity contribution in [3.05, 3.63) is 95.8 Å². The van der Waals surface area contributed by atoms with Crippen LogP contribution in [0.15, 0.2) is 79.6 Å². The molecule has 168 valence electrons. The first-order chi connectivity index (χ1) is 16.1. The first-order valence-corrected chi connectivity index (χ1v) is 10.4. The van der Waals surface area contributed by atoms with Crippen LogP contribution in [0, 0.1) is 0 Å². The maximum atomic E-state index is 12.6. The third kappa shape index (κ3) is 5.07. The molecule has 2 amide bonds. The van der Waals surface area contributed by atoms with Crippen LogP contribution in [0.1, 0.15) is 17.2 Å². The van der Waals surface area contributed by atoms with Crippen molar-refractivity contribution in [2.45, 2.75) is 6.04 Å². The number of nitrogens with one attached hydrogen (secondary N) is 2. The van der Waals surface area contributed by atoms with Gasteiger partial charge in [0.05, 0.1) is 37.3 Å². The van der Waals surface area contributed by atoms with Crippen LogP contribution in [0.5, 0.6) is 11.5 Å². The minimum atomic E-state index is -0.428. The molecule has 0 aliphatic rings. The van der Waals surface area contributed by atoms with Crippen molar-refractivity contribution in [3.8, 4) is 11.5 Å². The first-order valence-electron chi connectivity index (χ1n) is 10.1. The van der Waals surface area contributed by atoms with Crippen LogP contribution >= 0.6 is 11.6 Å². The van der Waals surface area contributed by atoms with E-state index in [9.17, 15) is 4.79 Å². The van der Waals surface area contributed by atoms with Gasteiger partial charge in [0.25, 0.3) is 0 Å². The Labute approximate surface area is 196 Å². The molecule has 1 atom stereocenters. The summed E-state index contributed by atoms with van der Waals surface area (Å²) in [6.45, 7) is 0. The number of rotatable bonds is 7. The summed E-state index contributed by atoms with van der Waals surface area (Å²) in [6.07, 6.45) is 8.96. The number of urea groups is 1. The van der Waals surface area contributed by atoms with Crippen molar-refractivity contribution < 1.29 is 14.3 Å². The number of amides is 2. The monoisotopic (exact) mass is 463 g/mol. The van der Waals surface area contributed by atoms with E-state index in [4.69, 9.17) is 21.1 Å². The number of carbonyl (C=O) groups excluding carboxylic acids is 1. The highest BCUT2D eigenvalue weighted by Crippen LogP contribution is 2.36. The highest BCUT2D eigenvalue weighted by molar-refractivity contribution is 6.32. The number of hydrogen-bond donors (Lipinski definition) is 2. The predicted octanol–water partition coefficient (Wildman–Crippen LogP) is 5.23. The van der Waals surface area contributed by atoms with E-state index >= 15 is 0 Å². The van der Waals surface area contributed by atoms with Crippen molar-refractivity contribution in [2.75, 3.05) is 24.9 Å². The van der Waals surface area contributed by atoms with Crippen LogP contribution < -0.4 is 20.1 Å². The molecular formula is C24H22ClN5O3. The Morgan fingerprint density at radius 1 is 0.909 bits per heavy atom. The lowest BCUT2D eigenvalue weighted by molar-refractivity contribution is 0.262. The minimum absolute atomic E-state index is 0.0657. The zero-order valence-electron chi connectivity index (χ0n) is 18.0. The maximum absolute atomic E-state index is 12.6. The Morgan fingerprint density at radius 3 is 2.24 bits per heavy atom. The molecule has 4 rings (SSSR count). The fraction of sp³-hybridized carbons (Fsp3) is 0.125. The van der Waals surface area contributed by atoms with Gasteiger partial charge in [-0.15, -0.1) is 0 Å². The molecule has 1 unspecified atom stereocenters. The summed E-state index contributed by atoms with van der Waals surface area (Å²) in [4.78, 5) is 20.9.